The molecule has 0 saturated heterocycles. The fourth-order valence-electron chi connectivity index (χ4n) is 8.02. The second kappa shape index (κ2) is 13.8. The quantitative estimate of drug-likeness (QED) is 0.368. The molecule has 4 aliphatic rings. The number of aryl methyl sites for hydroxylation is 1. The highest BCUT2D eigenvalue weighted by Gasteiger charge is 2.44. The van der Waals surface area contributed by atoms with E-state index in [9.17, 15) is 21.6 Å². The third-order valence-electron chi connectivity index (χ3n) is 11.2. The zero-order chi connectivity index (χ0) is 35.2. The number of carbonyl (C=O) groups is 1. The number of halogens is 1. The molecular weight excluding hydrogens is 684 g/mol. The number of allylic oxidation sites excluding steroid dienone is 1. The number of sulfone groups is 1. The van der Waals surface area contributed by atoms with Gasteiger partial charge >= 0.3 is 0 Å². The van der Waals surface area contributed by atoms with Crippen molar-refractivity contribution in [1.82, 2.24) is 4.72 Å². The first kappa shape index (κ1) is 36.2. The fourth-order valence-corrected chi connectivity index (χ4v) is 11.0. The Hall–Kier alpha value is -2.60. The first-order chi connectivity index (χ1) is 23.1. The van der Waals surface area contributed by atoms with Gasteiger partial charge < -0.3 is 14.4 Å². The lowest BCUT2D eigenvalue weighted by atomic mass is 9.68. The first-order valence-electron chi connectivity index (χ1n) is 17.4. The van der Waals surface area contributed by atoms with Crippen molar-refractivity contribution in [3.63, 3.8) is 0 Å². The summed E-state index contributed by atoms with van der Waals surface area (Å²) in [5.74, 6) is 0.228. The number of hydrogen-bond acceptors (Lipinski definition) is 8. The Morgan fingerprint density at radius 2 is 1.92 bits per heavy atom. The van der Waals surface area contributed by atoms with Crippen molar-refractivity contribution in [3.8, 4) is 5.75 Å². The van der Waals surface area contributed by atoms with Crippen LogP contribution in [0.25, 0.3) is 0 Å². The molecule has 1 N–H and O–H groups in total. The van der Waals surface area contributed by atoms with Gasteiger partial charge in [0.05, 0.1) is 34.1 Å². The zero-order valence-corrected chi connectivity index (χ0v) is 31.3. The van der Waals surface area contributed by atoms with Crippen LogP contribution in [0.5, 0.6) is 5.75 Å². The summed E-state index contributed by atoms with van der Waals surface area (Å²) in [4.78, 5) is 16.0. The van der Waals surface area contributed by atoms with E-state index >= 15 is 0 Å². The Balaban J connectivity index is 1.38. The Morgan fingerprint density at radius 3 is 2.63 bits per heavy atom. The number of carbonyl (C=O) groups excluding carboxylic acids is 1. The van der Waals surface area contributed by atoms with Crippen LogP contribution in [0.15, 0.2) is 48.6 Å². The van der Waals surface area contributed by atoms with Crippen LogP contribution in [0.3, 0.4) is 0 Å². The van der Waals surface area contributed by atoms with Gasteiger partial charge in [0.15, 0.2) is 9.84 Å². The number of benzene rings is 2. The van der Waals surface area contributed by atoms with Crippen molar-refractivity contribution >= 4 is 43.1 Å². The molecule has 1 amide bonds. The molecule has 0 unspecified atom stereocenters. The molecule has 0 radical (unpaired) electrons. The predicted molar refractivity (Wildman–Crippen MR) is 194 cm³/mol. The molecule has 49 heavy (non-hydrogen) atoms. The van der Waals surface area contributed by atoms with Crippen LogP contribution in [0.4, 0.5) is 5.69 Å². The van der Waals surface area contributed by atoms with E-state index in [0.29, 0.717) is 31.2 Å². The average Bonchev–Trinajstić information content (AvgIpc) is 3.17. The van der Waals surface area contributed by atoms with Crippen molar-refractivity contribution in [2.45, 2.75) is 93.7 Å². The SMILES string of the molecule is CO[C@H]1/C=C\CC[C@H](CCS(=O)(=O)C(C)(C)C)S(=O)(=O)NC(=O)c2ccc3c(c2)N(C[C@@H]2CC[C@H]21)C[C@@]1(CCCc2cc(Cl)ccc21)CO3. The Labute approximate surface area is 296 Å². The van der Waals surface area contributed by atoms with Crippen LogP contribution in [0.2, 0.25) is 5.02 Å². The summed E-state index contributed by atoms with van der Waals surface area (Å²) < 4.78 is 67.3. The van der Waals surface area contributed by atoms with Crippen LogP contribution < -0.4 is 14.4 Å². The molecule has 2 aliphatic heterocycles. The van der Waals surface area contributed by atoms with Crippen molar-refractivity contribution in [2.75, 3.05) is 37.5 Å². The molecular formula is C37H49ClN2O7S2. The molecule has 1 fully saturated rings. The van der Waals surface area contributed by atoms with Crippen LogP contribution >= 0.6 is 11.6 Å². The number of anilines is 1. The maximum Gasteiger partial charge on any atom is 0.264 e. The normalized spacial score (nSPS) is 29.4. The minimum Gasteiger partial charge on any atom is -0.490 e. The molecule has 268 valence electrons. The number of amides is 1. The van der Waals surface area contributed by atoms with Crippen molar-refractivity contribution in [1.29, 1.82) is 0 Å². The average molecular weight is 733 g/mol. The zero-order valence-electron chi connectivity index (χ0n) is 28.9. The molecule has 6 rings (SSSR count). The monoisotopic (exact) mass is 732 g/mol. The highest BCUT2D eigenvalue weighted by molar-refractivity contribution is 7.93. The molecule has 2 bridgehead atoms. The van der Waals surface area contributed by atoms with Gasteiger partial charge in [-0.15, -0.1) is 0 Å². The summed E-state index contributed by atoms with van der Waals surface area (Å²) in [6.07, 6.45) is 9.26. The standard InChI is InChI=1S/C37H49ClN2O7S2/c1-36(2,3)48(42,43)19-17-29-9-5-6-10-33(46-4)30-14-11-27(30)22-40-23-37(18-7-8-25-20-28(38)13-15-31(25)37)24-47-34-16-12-26(21-32(34)40)35(41)39-49(29,44)45/h6,10,12-13,15-16,20-21,27,29-30,33H,5,7-9,11,14,17-19,22-24H2,1-4H3,(H,39,41)/b10-6-/t27-,29+,30+,33-,37-/m0/s1. The number of hydrogen-bond donors (Lipinski definition) is 1. The summed E-state index contributed by atoms with van der Waals surface area (Å²) in [5, 5.41) is -0.359. The summed E-state index contributed by atoms with van der Waals surface area (Å²) in [6, 6.07) is 11.3. The number of nitrogens with zero attached hydrogens (tertiary/aromatic N) is 1. The van der Waals surface area contributed by atoms with Gasteiger partial charge in [-0.05, 0) is 125 Å². The minimum absolute atomic E-state index is 0.116. The van der Waals surface area contributed by atoms with E-state index in [2.05, 4.69) is 21.8 Å². The number of rotatable bonds is 4. The van der Waals surface area contributed by atoms with E-state index in [1.54, 1.807) is 46.1 Å². The lowest BCUT2D eigenvalue weighted by molar-refractivity contribution is 0.0132. The Kier molecular flexibility index (Phi) is 10.2. The first-order valence-corrected chi connectivity index (χ1v) is 21.0. The number of ether oxygens (including phenoxy) is 2. The van der Waals surface area contributed by atoms with E-state index in [1.807, 2.05) is 18.2 Å². The Morgan fingerprint density at radius 1 is 1.12 bits per heavy atom. The molecule has 1 spiro atoms. The smallest absolute Gasteiger partial charge is 0.264 e. The third-order valence-corrected chi connectivity index (χ3v) is 15.9. The molecule has 5 atom stereocenters. The molecule has 9 nitrogen and oxygen atoms in total. The van der Waals surface area contributed by atoms with E-state index in [1.165, 1.54) is 11.1 Å². The second-order valence-electron chi connectivity index (χ2n) is 15.3. The molecule has 2 aliphatic carbocycles. The van der Waals surface area contributed by atoms with Gasteiger partial charge in [-0.3, -0.25) is 4.79 Å². The second-order valence-corrected chi connectivity index (χ2v) is 20.6. The predicted octanol–water partition coefficient (Wildman–Crippen LogP) is 6.24. The van der Waals surface area contributed by atoms with E-state index in [-0.39, 0.29) is 41.6 Å². The van der Waals surface area contributed by atoms with Crippen molar-refractivity contribution < 1.29 is 31.1 Å². The van der Waals surface area contributed by atoms with E-state index in [0.717, 1.165) is 49.4 Å². The number of methoxy groups -OCH3 is 1. The lowest BCUT2D eigenvalue weighted by Gasteiger charge is -2.46. The van der Waals surface area contributed by atoms with Crippen LogP contribution in [0.1, 0.15) is 87.2 Å². The van der Waals surface area contributed by atoms with Gasteiger partial charge in [0.2, 0.25) is 10.0 Å². The van der Waals surface area contributed by atoms with E-state index < -0.39 is 35.8 Å². The Bertz CT molecular complexity index is 1820. The summed E-state index contributed by atoms with van der Waals surface area (Å²) in [7, 11) is -6.10. The minimum atomic E-state index is -4.23. The van der Waals surface area contributed by atoms with Gasteiger partial charge in [0, 0.05) is 36.2 Å². The van der Waals surface area contributed by atoms with Crippen LogP contribution in [-0.4, -0.2) is 71.4 Å². The van der Waals surface area contributed by atoms with Gasteiger partial charge in [0.1, 0.15) is 5.75 Å². The number of fused-ring (bicyclic) bond motifs is 4. The summed E-state index contributed by atoms with van der Waals surface area (Å²) in [5.41, 5.74) is 3.16. The molecule has 2 heterocycles. The maximum absolute atomic E-state index is 13.8. The lowest BCUT2D eigenvalue weighted by Crippen LogP contribution is -2.49. The highest BCUT2D eigenvalue weighted by atomic mass is 35.5. The van der Waals surface area contributed by atoms with Gasteiger partial charge in [-0.1, -0.05) is 29.8 Å². The third kappa shape index (κ3) is 7.41. The molecule has 12 heteroatoms. The highest BCUT2D eigenvalue weighted by Crippen LogP contribution is 2.47. The van der Waals surface area contributed by atoms with Crippen molar-refractivity contribution in [3.05, 3.63) is 70.3 Å². The summed E-state index contributed by atoms with van der Waals surface area (Å²) >= 11 is 6.42. The molecule has 1 saturated carbocycles. The van der Waals surface area contributed by atoms with Crippen LogP contribution in [0, 0.1) is 11.8 Å². The largest absolute Gasteiger partial charge is 0.490 e. The number of sulfonamides is 1. The van der Waals surface area contributed by atoms with Crippen LogP contribution in [-0.2, 0) is 36.4 Å². The maximum atomic E-state index is 13.8. The topological polar surface area (TPSA) is 119 Å². The molecule has 2 aromatic carbocycles. The van der Waals surface area contributed by atoms with Gasteiger partial charge in [0.25, 0.3) is 5.91 Å². The van der Waals surface area contributed by atoms with Crippen molar-refractivity contribution in [2.24, 2.45) is 11.8 Å². The molecule has 0 aromatic heterocycles. The summed E-state index contributed by atoms with van der Waals surface area (Å²) in [6.45, 7) is 6.71. The molecule has 2 aromatic rings. The van der Waals surface area contributed by atoms with Gasteiger partial charge in [-0.2, -0.15) is 0 Å². The fraction of sp³-hybridized carbons (Fsp3) is 0.595. The number of nitrogens with one attached hydrogen (secondary N) is 1. The van der Waals surface area contributed by atoms with E-state index in [4.69, 9.17) is 21.1 Å². The van der Waals surface area contributed by atoms with Gasteiger partial charge in [-0.25, -0.2) is 21.6 Å².